The summed E-state index contributed by atoms with van der Waals surface area (Å²) in [7, 11) is 0. The Kier molecular flexibility index (Phi) is 4.34. The summed E-state index contributed by atoms with van der Waals surface area (Å²) in [6.45, 7) is 5.37. The highest BCUT2D eigenvalue weighted by Gasteiger charge is 2.33. The maximum atomic E-state index is 11.5. The second-order valence-corrected chi connectivity index (χ2v) is 6.59. The minimum absolute atomic E-state index is 0.186. The molecule has 4 heteroatoms. The van der Waals surface area contributed by atoms with E-state index in [1.165, 1.54) is 25.7 Å². The lowest BCUT2D eigenvalue weighted by molar-refractivity contribution is -0.127. The molecule has 116 valence electrons. The molecule has 2 heterocycles. The van der Waals surface area contributed by atoms with Gasteiger partial charge in [-0.15, -0.1) is 0 Å². The molecule has 1 N–H and O–H groups in total. The van der Waals surface area contributed by atoms with E-state index in [1.807, 2.05) is 11.8 Å². The topological polar surface area (TPSA) is 45.5 Å². The standard InChI is InChI=1S/C17H26N2O2/c1-12-7-8-16(21-12)17(14-5-3-4-6-14)18-15-9-10-19(11-15)13(2)20/h7-8,14-15,17-18H,3-6,9-11H2,1-2H3/t15-,17+/m0/s1. The number of hydrogen-bond donors (Lipinski definition) is 1. The number of rotatable bonds is 4. The fraction of sp³-hybridized carbons (Fsp3) is 0.706. The van der Waals surface area contributed by atoms with Crippen LogP contribution in [0.2, 0.25) is 0 Å². The molecule has 21 heavy (non-hydrogen) atoms. The van der Waals surface area contributed by atoms with Crippen molar-refractivity contribution in [2.45, 2.75) is 58.0 Å². The van der Waals surface area contributed by atoms with Crippen LogP contribution < -0.4 is 5.32 Å². The molecule has 1 amide bonds. The normalized spacial score (nSPS) is 24.7. The van der Waals surface area contributed by atoms with Gasteiger partial charge < -0.3 is 14.6 Å². The van der Waals surface area contributed by atoms with Crippen LogP contribution in [-0.4, -0.2) is 29.9 Å². The van der Waals surface area contributed by atoms with Crippen LogP contribution in [0.3, 0.4) is 0 Å². The average Bonchev–Trinajstić information content (AvgIpc) is 3.17. The average molecular weight is 290 g/mol. The Morgan fingerprint density at radius 1 is 1.33 bits per heavy atom. The molecule has 2 fully saturated rings. The molecule has 1 aromatic rings. The molecular formula is C17H26N2O2. The smallest absolute Gasteiger partial charge is 0.219 e. The first-order valence-electron chi connectivity index (χ1n) is 8.21. The van der Waals surface area contributed by atoms with Crippen molar-refractivity contribution in [3.8, 4) is 0 Å². The van der Waals surface area contributed by atoms with Crippen molar-refractivity contribution in [3.63, 3.8) is 0 Å². The van der Waals surface area contributed by atoms with Crippen LogP contribution >= 0.6 is 0 Å². The fourth-order valence-corrected chi connectivity index (χ4v) is 3.80. The Morgan fingerprint density at radius 2 is 2.10 bits per heavy atom. The number of nitrogens with zero attached hydrogens (tertiary/aromatic N) is 1. The van der Waals surface area contributed by atoms with Crippen molar-refractivity contribution in [2.75, 3.05) is 13.1 Å². The van der Waals surface area contributed by atoms with Crippen molar-refractivity contribution >= 4 is 5.91 Å². The van der Waals surface area contributed by atoms with E-state index in [1.54, 1.807) is 6.92 Å². The number of nitrogens with one attached hydrogen (secondary N) is 1. The van der Waals surface area contributed by atoms with Crippen molar-refractivity contribution in [1.29, 1.82) is 0 Å². The lowest BCUT2D eigenvalue weighted by Gasteiger charge is -2.26. The summed E-state index contributed by atoms with van der Waals surface area (Å²) in [4.78, 5) is 13.4. The fourth-order valence-electron chi connectivity index (χ4n) is 3.80. The van der Waals surface area contributed by atoms with Crippen LogP contribution in [0, 0.1) is 12.8 Å². The first kappa shape index (κ1) is 14.6. The third-order valence-electron chi connectivity index (χ3n) is 4.99. The van der Waals surface area contributed by atoms with Gasteiger partial charge in [-0.2, -0.15) is 0 Å². The van der Waals surface area contributed by atoms with Gasteiger partial charge in [-0.25, -0.2) is 0 Å². The molecule has 1 aliphatic heterocycles. The summed E-state index contributed by atoms with van der Waals surface area (Å²) in [5, 5.41) is 3.78. The largest absolute Gasteiger partial charge is 0.465 e. The van der Waals surface area contributed by atoms with Crippen LogP contribution in [-0.2, 0) is 4.79 Å². The zero-order chi connectivity index (χ0) is 14.8. The van der Waals surface area contributed by atoms with Crippen molar-refractivity contribution in [3.05, 3.63) is 23.7 Å². The Labute approximate surface area is 126 Å². The van der Waals surface area contributed by atoms with E-state index >= 15 is 0 Å². The molecule has 1 saturated carbocycles. The van der Waals surface area contributed by atoms with Gasteiger partial charge in [0, 0.05) is 26.1 Å². The van der Waals surface area contributed by atoms with Gasteiger partial charge in [-0.3, -0.25) is 4.79 Å². The Hall–Kier alpha value is -1.29. The third-order valence-corrected chi connectivity index (χ3v) is 4.99. The van der Waals surface area contributed by atoms with E-state index in [9.17, 15) is 4.79 Å². The van der Waals surface area contributed by atoms with Crippen molar-refractivity contribution < 1.29 is 9.21 Å². The molecular weight excluding hydrogens is 264 g/mol. The maximum absolute atomic E-state index is 11.5. The van der Waals surface area contributed by atoms with Gasteiger partial charge in [0.25, 0.3) is 0 Å². The summed E-state index contributed by atoms with van der Waals surface area (Å²) in [6, 6.07) is 4.86. The summed E-state index contributed by atoms with van der Waals surface area (Å²) in [6.07, 6.45) is 6.25. The van der Waals surface area contributed by atoms with Gasteiger partial charge in [-0.1, -0.05) is 12.8 Å². The highest BCUT2D eigenvalue weighted by atomic mass is 16.3. The third kappa shape index (κ3) is 3.31. The molecule has 0 unspecified atom stereocenters. The number of carbonyl (C=O) groups excluding carboxylic acids is 1. The van der Waals surface area contributed by atoms with E-state index in [4.69, 9.17) is 4.42 Å². The Bertz CT molecular complexity index is 491. The lowest BCUT2D eigenvalue weighted by atomic mass is 9.95. The van der Waals surface area contributed by atoms with E-state index in [0.717, 1.165) is 31.0 Å². The van der Waals surface area contributed by atoms with Gasteiger partial charge in [0.05, 0.1) is 6.04 Å². The van der Waals surface area contributed by atoms with Crippen LogP contribution in [0.25, 0.3) is 0 Å². The predicted octanol–water partition coefficient (Wildman–Crippen LogP) is 3.03. The first-order chi connectivity index (χ1) is 10.1. The first-order valence-corrected chi connectivity index (χ1v) is 8.21. The molecule has 0 radical (unpaired) electrons. The molecule has 0 aromatic carbocycles. The molecule has 0 bridgehead atoms. The van der Waals surface area contributed by atoms with Crippen molar-refractivity contribution in [1.82, 2.24) is 10.2 Å². The molecule has 0 spiro atoms. The zero-order valence-corrected chi connectivity index (χ0v) is 13.1. The van der Waals surface area contributed by atoms with Gasteiger partial charge in [-0.05, 0) is 44.2 Å². The SMILES string of the molecule is CC(=O)N1CC[C@H](N[C@@H](c2ccc(C)o2)C2CCCC2)C1. The van der Waals surface area contributed by atoms with Gasteiger partial charge in [0.15, 0.2) is 0 Å². The van der Waals surface area contributed by atoms with Gasteiger partial charge in [0.1, 0.15) is 11.5 Å². The number of furan rings is 1. The predicted molar refractivity (Wildman–Crippen MR) is 81.9 cm³/mol. The molecule has 2 atom stereocenters. The summed E-state index contributed by atoms with van der Waals surface area (Å²) in [5.74, 6) is 2.90. The monoisotopic (exact) mass is 290 g/mol. The number of aryl methyl sites for hydroxylation is 1. The highest BCUT2D eigenvalue weighted by molar-refractivity contribution is 5.73. The minimum atomic E-state index is 0.186. The van der Waals surface area contributed by atoms with Crippen LogP contribution in [0.5, 0.6) is 0 Å². The second kappa shape index (κ2) is 6.22. The maximum Gasteiger partial charge on any atom is 0.219 e. The Morgan fingerprint density at radius 3 is 2.67 bits per heavy atom. The molecule has 1 aliphatic carbocycles. The Balaban J connectivity index is 1.69. The number of likely N-dealkylation sites (tertiary alicyclic amines) is 1. The van der Waals surface area contributed by atoms with Gasteiger partial charge in [0.2, 0.25) is 5.91 Å². The second-order valence-electron chi connectivity index (χ2n) is 6.59. The number of amides is 1. The molecule has 1 aromatic heterocycles. The summed E-state index contributed by atoms with van der Waals surface area (Å²) >= 11 is 0. The highest BCUT2D eigenvalue weighted by Crippen LogP contribution is 2.37. The van der Waals surface area contributed by atoms with E-state index in [-0.39, 0.29) is 5.91 Å². The van der Waals surface area contributed by atoms with E-state index in [0.29, 0.717) is 18.0 Å². The quantitative estimate of drug-likeness (QED) is 0.927. The lowest BCUT2D eigenvalue weighted by Crippen LogP contribution is -2.38. The zero-order valence-electron chi connectivity index (χ0n) is 13.1. The summed E-state index contributed by atoms with van der Waals surface area (Å²) < 4.78 is 5.90. The minimum Gasteiger partial charge on any atom is -0.465 e. The summed E-state index contributed by atoms with van der Waals surface area (Å²) in [5.41, 5.74) is 0. The van der Waals surface area contributed by atoms with Crippen LogP contribution in [0.15, 0.2) is 16.5 Å². The van der Waals surface area contributed by atoms with Gasteiger partial charge >= 0.3 is 0 Å². The van der Waals surface area contributed by atoms with Crippen LogP contribution in [0.4, 0.5) is 0 Å². The molecule has 1 saturated heterocycles. The van der Waals surface area contributed by atoms with E-state index < -0.39 is 0 Å². The van der Waals surface area contributed by atoms with Crippen LogP contribution in [0.1, 0.15) is 56.6 Å². The van der Waals surface area contributed by atoms with E-state index in [2.05, 4.69) is 17.4 Å². The molecule has 2 aliphatic rings. The molecule has 4 nitrogen and oxygen atoms in total. The number of carbonyl (C=O) groups is 1. The molecule has 3 rings (SSSR count). The number of hydrogen-bond acceptors (Lipinski definition) is 3. The van der Waals surface area contributed by atoms with Crippen molar-refractivity contribution in [2.24, 2.45) is 5.92 Å².